The fourth-order valence-electron chi connectivity index (χ4n) is 1.89. The van der Waals surface area contributed by atoms with Crippen LogP contribution in [0.5, 0.6) is 0 Å². The molecule has 0 aliphatic carbocycles. The van der Waals surface area contributed by atoms with Gasteiger partial charge in [0.2, 0.25) is 0 Å². The lowest BCUT2D eigenvalue weighted by Gasteiger charge is -2.10. The number of non-ortho nitro benzene ring substituents is 1. The van der Waals surface area contributed by atoms with Crippen molar-refractivity contribution in [1.29, 1.82) is 0 Å². The average Bonchev–Trinajstić information content (AvgIpc) is 2.52. The number of benzene rings is 2. The molecule has 2 aromatic carbocycles. The van der Waals surface area contributed by atoms with Gasteiger partial charge in [0.1, 0.15) is 0 Å². The molecule has 0 aromatic heterocycles. The van der Waals surface area contributed by atoms with E-state index >= 15 is 0 Å². The molecule has 1 unspecified atom stereocenters. The van der Waals surface area contributed by atoms with E-state index in [4.69, 9.17) is 0 Å². The molecule has 0 amide bonds. The molecule has 0 saturated carbocycles. The first-order chi connectivity index (χ1) is 10.5. The van der Waals surface area contributed by atoms with Gasteiger partial charge in [0.25, 0.3) is 5.69 Å². The van der Waals surface area contributed by atoms with Crippen molar-refractivity contribution in [3.05, 3.63) is 75.3 Å². The quantitative estimate of drug-likeness (QED) is 0.349. The fraction of sp³-hybridized carbons (Fsp3) is 0.0714. The number of nitro groups is 1. The number of nitro benzene ring substituents is 1. The Kier molecular flexibility index (Phi) is 5.10. The first-order valence-corrected chi connectivity index (χ1v) is 7.08. The fourth-order valence-corrected chi connectivity index (χ4v) is 2.11. The Morgan fingerprint density at radius 1 is 1.18 bits per heavy atom. The number of rotatable bonds is 6. The Hall–Kier alpha value is -2.42. The van der Waals surface area contributed by atoms with E-state index in [1.807, 2.05) is 0 Å². The van der Waals surface area contributed by atoms with Crippen LogP contribution in [0.3, 0.4) is 0 Å². The summed E-state index contributed by atoms with van der Waals surface area (Å²) < 4.78 is 25.4. The van der Waals surface area contributed by atoms with Crippen LogP contribution in [0.25, 0.3) is 0 Å². The molecular weight excluding hydrogens is 310 g/mol. The lowest BCUT2D eigenvalue weighted by Crippen LogP contribution is -2.08. The van der Waals surface area contributed by atoms with Crippen molar-refractivity contribution in [3.8, 4) is 0 Å². The normalized spacial score (nSPS) is 11.9. The van der Waals surface area contributed by atoms with Gasteiger partial charge in [-0.2, -0.15) is 0 Å². The maximum Gasteiger partial charge on any atom is 0.269 e. The summed E-state index contributed by atoms with van der Waals surface area (Å²) in [6, 6.07) is 11.9. The maximum atomic E-state index is 12.4. The standard InChI is InChI=1S/C14H11NO6S/c16-14(10-4-2-1-3-5-10)13-7-6-12(15(17)18)8-11(13)9-21-22(19)20/h1-8H,9H2,(H,19,20)/p-1. The predicted octanol–water partition coefficient (Wildman–Crippen LogP) is 2.14. The minimum atomic E-state index is -2.78. The second-order valence-electron chi connectivity index (χ2n) is 4.26. The van der Waals surface area contributed by atoms with E-state index in [1.165, 1.54) is 12.1 Å². The summed E-state index contributed by atoms with van der Waals surface area (Å²) in [4.78, 5) is 22.6. The van der Waals surface area contributed by atoms with Crippen molar-refractivity contribution in [2.45, 2.75) is 6.61 Å². The van der Waals surface area contributed by atoms with E-state index in [-0.39, 0.29) is 22.6 Å². The summed E-state index contributed by atoms with van der Waals surface area (Å²) in [6.45, 7) is -0.453. The highest BCUT2D eigenvalue weighted by Crippen LogP contribution is 2.21. The van der Waals surface area contributed by atoms with E-state index in [2.05, 4.69) is 4.18 Å². The van der Waals surface area contributed by atoms with Crippen LogP contribution in [-0.2, 0) is 22.2 Å². The van der Waals surface area contributed by atoms with Crippen LogP contribution in [-0.4, -0.2) is 19.5 Å². The summed E-state index contributed by atoms with van der Waals surface area (Å²) in [7, 11) is 0. The first kappa shape index (κ1) is 16.0. The van der Waals surface area contributed by atoms with Crippen molar-refractivity contribution in [3.63, 3.8) is 0 Å². The van der Waals surface area contributed by atoms with Gasteiger partial charge in [0.05, 0.1) is 22.9 Å². The van der Waals surface area contributed by atoms with Gasteiger partial charge in [-0.3, -0.25) is 19.1 Å². The van der Waals surface area contributed by atoms with Crippen molar-refractivity contribution in [2.75, 3.05) is 0 Å². The molecule has 114 valence electrons. The van der Waals surface area contributed by atoms with Crippen LogP contribution in [0.15, 0.2) is 48.5 Å². The molecule has 0 aliphatic heterocycles. The van der Waals surface area contributed by atoms with Crippen molar-refractivity contribution in [2.24, 2.45) is 0 Å². The number of nitrogens with zero attached hydrogens (tertiary/aromatic N) is 1. The molecule has 0 N–H and O–H groups in total. The molecule has 2 aromatic rings. The van der Waals surface area contributed by atoms with Gasteiger partial charge in [0.15, 0.2) is 5.78 Å². The molecule has 0 aliphatic rings. The highest BCUT2D eigenvalue weighted by atomic mass is 32.2. The maximum absolute atomic E-state index is 12.4. The van der Waals surface area contributed by atoms with Gasteiger partial charge in [0, 0.05) is 23.3 Å². The molecule has 22 heavy (non-hydrogen) atoms. The van der Waals surface area contributed by atoms with Gasteiger partial charge in [-0.25, -0.2) is 4.21 Å². The summed E-state index contributed by atoms with van der Waals surface area (Å²) in [5, 5.41) is 10.8. The van der Waals surface area contributed by atoms with Crippen LogP contribution in [0.1, 0.15) is 21.5 Å². The lowest BCUT2D eigenvalue weighted by molar-refractivity contribution is -0.384. The van der Waals surface area contributed by atoms with Crippen LogP contribution < -0.4 is 0 Å². The summed E-state index contributed by atoms with van der Waals surface area (Å²) in [6.07, 6.45) is 0. The van der Waals surface area contributed by atoms with Crippen molar-refractivity contribution < 1.29 is 22.7 Å². The Labute approximate surface area is 128 Å². The smallest absolute Gasteiger partial charge is 0.269 e. The number of ketones is 1. The third-order valence-corrected chi connectivity index (χ3v) is 3.20. The topological polar surface area (TPSA) is 110 Å². The average molecular weight is 320 g/mol. The lowest BCUT2D eigenvalue weighted by atomic mass is 9.98. The highest BCUT2D eigenvalue weighted by molar-refractivity contribution is 7.74. The van der Waals surface area contributed by atoms with E-state index in [0.717, 1.165) is 6.07 Å². The zero-order valence-corrected chi connectivity index (χ0v) is 11.9. The van der Waals surface area contributed by atoms with Crippen LogP contribution >= 0.6 is 0 Å². The van der Waals surface area contributed by atoms with Crippen LogP contribution in [0.4, 0.5) is 5.69 Å². The molecule has 1 atom stereocenters. The SMILES string of the molecule is O=C(c1ccccc1)c1ccc([N+](=O)[O-])cc1COS(=O)[O-]. The van der Waals surface area contributed by atoms with E-state index in [1.54, 1.807) is 30.3 Å². The number of carbonyl (C=O) groups is 1. The highest BCUT2D eigenvalue weighted by Gasteiger charge is 2.17. The van der Waals surface area contributed by atoms with Crippen LogP contribution in [0, 0.1) is 10.1 Å². The third-order valence-electron chi connectivity index (χ3n) is 2.89. The van der Waals surface area contributed by atoms with Gasteiger partial charge in [-0.1, -0.05) is 30.3 Å². The summed E-state index contributed by atoms with van der Waals surface area (Å²) >= 11 is -2.78. The van der Waals surface area contributed by atoms with E-state index in [9.17, 15) is 23.7 Å². The molecule has 8 heteroatoms. The Morgan fingerprint density at radius 3 is 2.45 bits per heavy atom. The van der Waals surface area contributed by atoms with Gasteiger partial charge < -0.3 is 4.55 Å². The molecule has 0 spiro atoms. The summed E-state index contributed by atoms with van der Waals surface area (Å²) in [5.41, 5.74) is 0.426. The molecule has 0 heterocycles. The predicted molar refractivity (Wildman–Crippen MR) is 76.7 cm³/mol. The van der Waals surface area contributed by atoms with Crippen molar-refractivity contribution in [1.82, 2.24) is 0 Å². The minimum absolute atomic E-state index is 0.132. The van der Waals surface area contributed by atoms with Gasteiger partial charge >= 0.3 is 0 Å². The van der Waals surface area contributed by atoms with Crippen molar-refractivity contribution >= 4 is 22.8 Å². The molecule has 0 saturated heterocycles. The Bertz CT molecular complexity index is 731. The van der Waals surface area contributed by atoms with Gasteiger partial charge in [-0.15, -0.1) is 0 Å². The monoisotopic (exact) mass is 320 g/mol. The first-order valence-electron chi connectivity index (χ1n) is 6.08. The Balaban J connectivity index is 2.42. The molecule has 7 nitrogen and oxygen atoms in total. The minimum Gasteiger partial charge on any atom is -0.750 e. The zero-order chi connectivity index (χ0) is 16.1. The summed E-state index contributed by atoms with van der Waals surface area (Å²) in [5.74, 6) is -0.370. The molecular formula is C14H10NO6S-. The largest absolute Gasteiger partial charge is 0.750 e. The Morgan fingerprint density at radius 2 is 1.86 bits per heavy atom. The molecule has 0 fully saturated rings. The molecule has 0 bridgehead atoms. The molecule has 0 radical (unpaired) electrons. The number of hydrogen-bond acceptors (Lipinski definition) is 6. The second-order valence-corrected chi connectivity index (χ2v) is 4.90. The van der Waals surface area contributed by atoms with Gasteiger partial charge in [-0.05, 0) is 11.6 Å². The van der Waals surface area contributed by atoms with E-state index in [0.29, 0.717) is 5.56 Å². The second kappa shape index (κ2) is 7.03. The number of carbonyl (C=O) groups excluding carboxylic acids is 1. The van der Waals surface area contributed by atoms with Crippen LogP contribution in [0.2, 0.25) is 0 Å². The van der Waals surface area contributed by atoms with E-state index < -0.39 is 22.9 Å². The zero-order valence-electron chi connectivity index (χ0n) is 11.1. The number of hydrogen-bond donors (Lipinski definition) is 0. The molecule has 2 rings (SSSR count). The third kappa shape index (κ3) is 3.82.